The van der Waals surface area contributed by atoms with E-state index in [0.29, 0.717) is 18.8 Å². The van der Waals surface area contributed by atoms with Crippen molar-refractivity contribution in [2.75, 3.05) is 13.1 Å². The molecule has 5 heterocycles. The lowest BCUT2D eigenvalue weighted by Crippen LogP contribution is -2.50. The first-order valence-corrected chi connectivity index (χ1v) is 9.97. The molecule has 3 aromatic rings. The molecule has 27 heavy (non-hydrogen) atoms. The molecule has 0 unspecified atom stereocenters. The fourth-order valence-corrected chi connectivity index (χ4v) is 5.11. The number of piperidine rings is 1. The largest absolute Gasteiger partial charge is 0.367 e. The summed E-state index contributed by atoms with van der Waals surface area (Å²) in [5.41, 5.74) is 6.41. The van der Waals surface area contributed by atoms with Crippen LogP contribution in [0.1, 0.15) is 33.9 Å². The van der Waals surface area contributed by atoms with E-state index in [0.717, 1.165) is 38.2 Å². The number of hydrogen-bond donors (Lipinski definition) is 1. The Kier molecular flexibility index (Phi) is 3.99. The minimum atomic E-state index is -0.487. The number of hydrogen-bond acceptors (Lipinski definition) is 6. The zero-order chi connectivity index (χ0) is 18.4. The summed E-state index contributed by atoms with van der Waals surface area (Å²) in [5, 5.41) is 5.62. The number of likely N-dealkylation sites (tertiary alicyclic amines) is 1. The Hall–Kier alpha value is -2.29. The number of thiophene rings is 1. The zero-order valence-corrected chi connectivity index (χ0v) is 15.7. The number of rotatable bonds is 3. The van der Waals surface area contributed by atoms with Crippen molar-refractivity contribution in [3.8, 4) is 0 Å². The molecule has 0 aromatic carbocycles. The van der Waals surface area contributed by atoms with Gasteiger partial charge in [0.1, 0.15) is 5.69 Å². The molecule has 2 aliphatic rings. The Balaban J connectivity index is 1.25. The molecule has 0 aliphatic carbocycles. The number of fused-ring (bicyclic) bond motifs is 2. The first kappa shape index (κ1) is 16.9. The van der Waals surface area contributed by atoms with Crippen LogP contribution in [0.5, 0.6) is 0 Å². The summed E-state index contributed by atoms with van der Waals surface area (Å²) in [6.07, 6.45) is 5.71. The zero-order valence-electron chi connectivity index (χ0n) is 14.9. The van der Waals surface area contributed by atoms with E-state index in [1.165, 1.54) is 15.0 Å². The van der Waals surface area contributed by atoms with Gasteiger partial charge in [-0.3, -0.25) is 19.4 Å². The Morgan fingerprint density at radius 2 is 2.19 bits per heavy atom. The number of primary amides is 1. The number of aromatic nitrogens is 3. The number of nitrogens with two attached hydrogens (primary N) is 1. The van der Waals surface area contributed by atoms with Crippen molar-refractivity contribution in [2.45, 2.75) is 38.1 Å². The Labute approximate surface area is 160 Å². The van der Waals surface area contributed by atoms with Crippen LogP contribution < -0.4 is 5.73 Å². The maximum Gasteiger partial charge on any atom is 0.269 e. The smallest absolute Gasteiger partial charge is 0.269 e. The molecule has 1 spiro atoms. The van der Waals surface area contributed by atoms with Gasteiger partial charge in [0.05, 0.1) is 29.1 Å². The number of ether oxygens (including phenoxy) is 1. The maximum atomic E-state index is 11.4. The van der Waals surface area contributed by atoms with E-state index < -0.39 is 5.91 Å². The van der Waals surface area contributed by atoms with Crippen LogP contribution in [0.15, 0.2) is 30.6 Å². The standard InChI is InChI=1S/C19H21N5O2S/c20-18(25)16-8-14-11-26-19(12-24(14)22-16)2-5-23(6-3-19)10-15-7-13-1-4-21-9-17(13)27-15/h1,4,7-9H,2-3,5-6,10-12H2,(H2,20,25). The lowest BCUT2D eigenvalue weighted by Gasteiger charge is -2.43. The highest BCUT2D eigenvalue weighted by Gasteiger charge is 2.39. The quantitative estimate of drug-likeness (QED) is 0.749. The molecule has 0 atom stereocenters. The molecular formula is C19H21N5O2S. The third-order valence-corrected chi connectivity index (χ3v) is 6.67. The van der Waals surface area contributed by atoms with E-state index in [9.17, 15) is 4.79 Å². The third kappa shape index (κ3) is 3.13. The topological polar surface area (TPSA) is 86.3 Å². The highest BCUT2D eigenvalue weighted by molar-refractivity contribution is 7.19. The van der Waals surface area contributed by atoms with E-state index in [-0.39, 0.29) is 5.60 Å². The van der Waals surface area contributed by atoms with Crippen molar-refractivity contribution in [1.29, 1.82) is 0 Å². The summed E-state index contributed by atoms with van der Waals surface area (Å²) in [6, 6.07) is 6.07. The molecule has 0 saturated carbocycles. The van der Waals surface area contributed by atoms with Crippen LogP contribution in [-0.2, 0) is 24.4 Å². The lowest BCUT2D eigenvalue weighted by atomic mass is 9.90. The van der Waals surface area contributed by atoms with Crippen molar-refractivity contribution in [3.63, 3.8) is 0 Å². The number of pyridine rings is 1. The summed E-state index contributed by atoms with van der Waals surface area (Å²) in [7, 11) is 0. The molecule has 1 saturated heterocycles. The Bertz CT molecular complexity index is 970. The number of carbonyl (C=O) groups excluding carboxylic acids is 1. The van der Waals surface area contributed by atoms with E-state index in [1.54, 1.807) is 6.07 Å². The lowest BCUT2D eigenvalue weighted by molar-refractivity contribution is -0.124. The van der Waals surface area contributed by atoms with Gasteiger partial charge < -0.3 is 10.5 Å². The van der Waals surface area contributed by atoms with Crippen molar-refractivity contribution in [2.24, 2.45) is 5.73 Å². The van der Waals surface area contributed by atoms with Gasteiger partial charge in [0.15, 0.2) is 0 Å². The highest BCUT2D eigenvalue weighted by atomic mass is 32.1. The first-order chi connectivity index (χ1) is 13.1. The summed E-state index contributed by atoms with van der Waals surface area (Å²) < 4.78 is 9.37. The van der Waals surface area contributed by atoms with Crippen LogP contribution in [0.3, 0.4) is 0 Å². The Morgan fingerprint density at radius 1 is 1.33 bits per heavy atom. The first-order valence-electron chi connectivity index (χ1n) is 9.16. The molecule has 8 heteroatoms. The van der Waals surface area contributed by atoms with Gasteiger partial charge in [0, 0.05) is 36.9 Å². The Morgan fingerprint density at radius 3 is 2.96 bits per heavy atom. The minimum Gasteiger partial charge on any atom is -0.367 e. The monoisotopic (exact) mass is 383 g/mol. The van der Waals surface area contributed by atoms with E-state index in [2.05, 4.69) is 27.1 Å². The van der Waals surface area contributed by atoms with E-state index in [1.807, 2.05) is 28.4 Å². The normalized spacial score (nSPS) is 19.4. The average Bonchev–Trinajstić information content (AvgIpc) is 3.26. The number of carbonyl (C=O) groups is 1. The van der Waals surface area contributed by atoms with Crippen LogP contribution in [0.25, 0.3) is 10.1 Å². The van der Waals surface area contributed by atoms with Gasteiger partial charge >= 0.3 is 0 Å². The number of nitrogens with zero attached hydrogens (tertiary/aromatic N) is 4. The maximum absolute atomic E-state index is 11.4. The van der Waals surface area contributed by atoms with Crippen LogP contribution in [0, 0.1) is 0 Å². The van der Waals surface area contributed by atoms with Gasteiger partial charge in [-0.15, -0.1) is 11.3 Å². The van der Waals surface area contributed by atoms with Gasteiger partial charge in [-0.05, 0) is 36.4 Å². The molecule has 140 valence electrons. The van der Waals surface area contributed by atoms with Gasteiger partial charge in [0.2, 0.25) is 0 Å². The summed E-state index contributed by atoms with van der Waals surface area (Å²) in [4.78, 5) is 19.4. The van der Waals surface area contributed by atoms with Gasteiger partial charge in [-0.25, -0.2) is 0 Å². The van der Waals surface area contributed by atoms with Gasteiger partial charge in [-0.1, -0.05) is 0 Å². The van der Waals surface area contributed by atoms with Crippen LogP contribution in [0.4, 0.5) is 0 Å². The second kappa shape index (κ2) is 6.40. The molecule has 1 amide bonds. The fraction of sp³-hybridized carbons (Fsp3) is 0.421. The van der Waals surface area contributed by atoms with Gasteiger partial charge in [0.25, 0.3) is 5.91 Å². The third-order valence-electron chi connectivity index (χ3n) is 5.60. The predicted octanol–water partition coefficient (Wildman–Crippen LogP) is 2.16. The van der Waals surface area contributed by atoms with Crippen molar-refractivity contribution < 1.29 is 9.53 Å². The van der Waals surface area contributed by atoms with Crippen LogP contribution >= 0.6 is 11.3 Å². The molecule has 0 bridgehead atoms. The number of amides is 1. The molecular weight excluding hydrogens is 362 g/mol. The summed E-state index contributed by atoms with van der Waals surface area (Å²) in [6.45, 7) is 4.13. The van der Waals surface area contributed by atoms with Crippen molar-refractivity contribution in [3.05, 3.63) is 46.9 Å². The molecule has 5 rings (SSSR count). The van der Waals surface area contributed by atoms with Crippen molar-refractivity contribution >= 4 is 27.3 Å². The highest BCUT2D eigenvalue weighted by Crippen LogP contribution is 2.34. The summed E-state index contributed by atoms with van der Waals surface area (Å²) in [5.74, 6) is -0.487. The second-order valence-corrected chi connectivity index (χ2v) is 8.59. The van der Waals surface area contributed by atoms with Crippen molar-refractivity contribution in [1.82, 2.24) is 19.7 Å². The molecule has 2 aliphatic heterocycles. The second-order valence-electron chi connectivity index (χ2n) is 7.42. The molecule has 2 N–H and O–H groups in total. The SMILES string of the molecule is NC(=O)c1cc2n(n1)CC1(CCN(Cc3cc4ccncc4s3)CC1)OC2. The fourth-order valence-electron chi connectivity index (χ4n) is 4.03. The van der Waals surface area contributed by atoms with Gasteiger partial charge in [-0.2, -0.15) is 5.10 Å². The van der Waals surface area contributed by atoms with E-state index in [4.69, 9.17) is 10.5 Å². The van der Waals surface area contributed by atoms with Crippen LogP contribution in [-0.4, -0.2) is 44.3 Å². The summed E-state index contributed by atoms with van der Waals surface area (Å²) >= 11 is 1.82. The van der Waals surface area contributed by atoms with Crippen LogP contribution in [0.2, 0.25) is 0 Å². The average molecular weight is 383 g/mol. The van der Waals surface area contributed by atoms with E-state index >= 15 is 0 Å². The minimum absolute atomic E-state index is 0.186. The molecule has 7 nitrogen and oxygen atoms in total. The molecule has 1 fully saturated rings. The molecule has 3 aromatic heterocycles. The predicted molar refractivity (Wildman–Crippen MR) is 102 cm³/mol. The molecule has 0 radical (unpaired) electrons.